The zero-order valence-corrected chi connectivity index (χ0v) is 8.71. The Labute approximate surface area is 85.5 Å². The average molecular weight is 239 g/mol. The Kier molecular flexibility index (Phi) is 2.18. The first-order valence-corrected chi connectivity index (χ1v) is 4.80. The predicted octanol–water partition coefficient (Wildman–Crippen LogP) is 2.18. The lowest BCUT2D eigenvalue weighted by Gasteiger charge is -2.17. The standard InChI is InChI=1S/C9H8BBrO2/c1-6-7-4-5-10(12)13-9(7)3-2-8(6)11/h2-5,12H,1H3. The molecule has 2 nitrogen and oxygen atoms in total. The first-order chi connectivity index (χ1) is 6.18. The third-order valence-corrected chi connectivity index (χ3v) is 2.94. The van der Waals surface area contributed by atoms with Gasteiger partial charge in [-0.15, -0.1) is 0 Å². The van der Waals surface area contributed by atoms with Gasteiger partial charge in [-0.3, -0.25) is 0 Å². The number of halogens is 1. The smallest absolute Gasteiger partial charge is 0.532 e. The van der Waals surface area contributed by atoms with Gasteiger partial charge in [-0.25, -0.2) is 0 Å². The lowest BCUT2D eigenvalue weighted by Crippen LogP contribution is -2.21. The molecule has 0 atom stereocenters. The molecule has 1 heterocycles. The molecule has 1 aromatic carbocycles. The number of hydrogen-bond acceptors (Lipinski definition) is 2. The molecule has 0 aliphatic carbocycles. The van der Waals surface area contributed by atoms with Crippen molar-refractivity contribution in [2.75, 3.05) is 0 Å². The summed E-state index contributed by atoms with van der Waals surface area (Å²) >= 11 is 3.44. The van der Waals surface area contributed by atoms with Crippen LogP contribution in [-0.2, 0) is 0 Å². The van der Waals surface area contributed by atoms with E-state index in [4.69, 9.17) is 4.65 Å². The highest BCUT2D eigenvalue weighted by Gasteiger charge is 2.19. The second kappa shape index (κ2) is 3.20. The van der Waals surface area contributed by atoms with Crippen molar-refractivity contribution in [3.05, 3.63) is 33.7 Å². The number of hydrogen-bond donors (Lipinski definition) is 1. The molecular formula is C9H8BBrO2. The maximum atomic E-state index is 9.20. The molecule has 1 aliphatic rings. The predicted molar refractivity (Wildman–Crippen MR) is 56.5 cm³/mol. The molecule has 0 unspecified atom stereocenters. The van der Waals surface area contributed by atoms with Gasteiger partial charge in [0.15, 0.2) is 0 Å². The Morgan fingerprint density at radius 3 is 3.00 bits per heavy atom. The van der Waals surface area contributed by atoms with Crippen LogP contribution in [-0.4, -0.2) is 12.1 Å². The fourth-order valence-corrected chi connectivity index (χ4v) is 1.68. The summed E-state index contributed by atoms with van der Waals surface area (Å²) in [5.74, 6) is 2.36. The van der Waals surface area contributed by atoms with E-state index in [0.29, 0.717) is 0 Å². The number of fused-ring (bicyclic) bond motifs is 1. The summed E-state index contributed by atoms with van der Waals surface area (Å²) in [7, 11) is -0.812. The molecule has 0 fully saturated rings. The normalized spacial score (nSPS) is 13.9. The second-order valence-corrected chi connectivity index (χ2v) is 3.81. The largest absolute Gasteiger partial charge is 0.552 e. The second-order valence-electron chi connectivity index (χ2n) is 2.95. The zero-order chi connectivity index (χ0) is 9.42. The first kappa shape index (κ1) is 8.85. The summed E-state index contributed by atoms with van der Waals surface area (Å²) < 4.78 is 6.27. The van der Waals surface area contributed by atoms with Crippen LogP contribution >= 0.6 is 15.9 Å². The van der Waals surface area contributed by atoms with Gasteiger partial charge in [0.25, 0.3) is 0 Å². The molecule has 1 N–H and O–H groups in total. The first-order valence-electron chi connectivity index (χ1n) is 4.00. The molecule has 1 aliphatic heterocycles. The van der Waals surface area contributed by atoms with Crippen LogP contribution in [0.4, 0.5) is 0 Å². The molecule has 0 bridgehead atoms. The Morgan fingerprint density at radius 2 is 2.23 bits per heavy atom. The van der Waals surface area contributed by atoms with Crippen molar-refractivity contribution in [3.8, 4) is 5.75 Å². The molecule has 4 heteroatoms. The minimum absolute atomic E-state index is 0.732. The third-order valence-electron chi connectivity index (χ3n) is 2.08. The average Bonchev–Trinajstić information content (AvgIpc) is 2.12. The van der Waals surface area contributed by atoms with Gasteiger partial charge in [-0.05, 0) is 30.6 Å². The van der Waals surface area contributed by atoms with Gasteiger partial charge in [-0.1, -0.05) is 22.0 Å². The van der Waals surface area contributed by atoms with Crippen LogP contribution in [0.25, 0.3) is 6.08 Å². The molecule has 0 spiro atoms. The van der Waals surface area contributed by atoms with Gasteiger partial charge in [-0.2, -0.15) is 0 Å². The van der Waals surface area contributed by atoms with E-state index in [1.165, 1.54) is 0 Å². The molecular weight excluding hydrogens is 231 g/mol. The van der Waals surface area contributed by atoms with Gasteiger partial charge < -0.3 is 9.68 Å². The van der Waals surface area contributed by atoms with Crippen LogP contribution in [0.5, 0.6) is 5.75 Å². The molecule has 0 saturated carbocycles. The number of rotatable bonds is 0. The number of benzene rings is 1. The van der Waals surface area contributed by atoms with Crippen molar-refractivity contribution >= 4 is 29.1 Å². The monoisotopic (exact) mass is 238 g/mol. The van der Waals surface area contributed by atoms with Crippen molar-refractivity contribution in [2.45, 2.75) is 6.92 Å². The fourth-order valence-electron chi connectivity index (χ4n) is 1.33. The summed E-state index contributed by atoms with van der Waals surface area (Å²) in [6.07, 6.45) is 1.88. The summed E-state index contributed by atoms with van der Waals surface area (Å²) in [6.45, 7) is 2.01. The van der Waals surface area contributed by atoms with E-state index in [0.717, 1.165) is 21.3 Å². The quantitative estimate of drug-likeness (QED) is 0.703. The van der Waals surface area contributed by atoms with E-state index in [1.807, 2.05) is 25.1 Å². The van der Waals surface area contributed by atoms with E-state index < -0.39 is 7.12 Å². The zero-order valence-electron chi connectivity index (χ0n) is 7.12. The Bertz CT molecular complexity index is 376. The lowest BCUT2D eigenvalue weighted by atomic mass is 9.86. The topological polar surface area (TPSA) is 29.5 Å². The molecule has 66 valence electrons. The Hall–Kier alpha value is -0.735. The van der Waals surface area contributed by atoms with Gasteiger partial charge in [0.05, 0.1) is 0 Å². The molecule has 13 heavy (non-hydrogen) atoms. The summed E-state index contributed by atoms with van der Waals surface area (Å²) in [5.41, 5.74) is 2.15. The fraction of sp³-hybridized carbons (Fsp3) is 0.111. The van der Waals surface area contributed by atoms with Gasteiger partial charge in [0.1, 0.15) is 5.75 Å². The van der Waals surface area contributed by atoms with Crippen LogP contribution in [0.1, 0.15) is 11.1 Å². The van der Waals surface area contributed by atoms with Crippen molar-refractivity contribution in [1.29, 1.82) is 0 Å². The molecule has 0 amide bonds. The van der Waals surface area contributed by atoms with Crippen LogP contribution in [0.3, 0.4) is 0 Å². The lowest BCUT2D eigenvalue weighted by molar-refractivity contribution is 0.428. The highest BCUT2D eigenvalue weighted by Crippen LogP contribution is 2.31. The van der Waals surface area contributed by atoms with E-state index in [2.05, 4.69) is 15.9 Å². The SMILES string of the molecule is Cc1c(Br)ccc2c1C=CB(O)O2. The maximum absolute atomic E-state index is 9.20. The maximum Gasteiger partial charge on any atom is 0.552 e. The molecule has 0 aromatic heterocycles. The summed E-state index contributed by atoms with van der Waals surface area (Å²) in [5, 5.41) is 9.20. The molecule has 1 aromatic rings. The van der Waals surface area contributed by atoms with Crippen molar-refractivity contribution in [2.24, 2.45) is 0 Å². The minimum Gasteiger partial charge on any atom is -0.532 e. The van der Waals surface area contributed by atoms with Crippen molar-refractivity contribution in [3.63, 3.8) is 0 Å². The van der Waals surface area contributed by atoms with E-state index in [-0.39, 0.29) is 0 Å². The molecule has 2 rings (SSSR count). The van der Waals surface area contributed by atoms with E-state index in [1.54, 1.807) is 5.98 Å². The van der Waals surface area contributed by atoms with Crippen LogP contribution in [0.2, 0.25) is 0 Å². The third kappa shape index (κ3) is 1.51. The van der Waals surface area contributed by atoms with Gasteiger partial charge >= 0.3 is 7.12 Å². The Morgan fingerprint density at radius 1 is 1.46 bits per heavy atom. The molecule has 0 saturated heterocycles. The Balaban J connectivity index is 2.57. The van der Waals surface area contributed by atoms with Crippen molar-refractivity contribution < 1.29 is 9.68 Å². The highest BCUT2D eigenvalue weighted by molar-refractivity contribution is 9.10. The van der Waals surface area contributed by atoms with Crippen LogP contribution in [0.15, 0.2) is 22.6 Å². The highest BCUT2D eigenvalue weighted by atomic mass is 79.9. The molecule has 0 radical (unpaired) electrons. The van der Waals surface area contributed by atoms with E-state index in [9.17, 15) is 5.02 Å². The van der Waals surface area contributed by atoms with Crippen LogP contribution < -0.4 is 4.65 Å². The summed E-state index contributed by atoms with van der Waals surface area (Å²) in [4.78, 5) is 0. The van der Waals surface area contributed by atoms with Crippen LogP contribution in [0, 0.1) is 6.92 Å². The van der Waals surface area contributed by atoms with Crippen molar-refractivity contribution in [1.82, 2.24) is 0 Å². The van der Waals surface area contributed by atoms with Gasteiger partial charge in [0.2, 0.25) is 0 Å². The summed E-state index contributed by atoms with van der Waals surface area (Å²) in [6, 6.07) is 3.76. The van der Waals surface area contributed by atoms with Gasteiger partial charge in [0, 0.05) is 10.0 Å². The van der Waals surface area contributed by atoms with E-state index >= 15 is 0 Å². The minimum atomic E-state index is -0.812.